The van der Waals surface area contributed by atoms with E-state index in [9.17, 15) is 4.79 Å². The van der Waals surface area contributed by atoms with Crippen LogP contribution in [0.1, 0.15) is 16.2 Å². The minimum absolute atomic E-state index is 0.174. The van der Waals surface area contributed by atoms with Crippen molar-refractivity contribution in [1.82, 2.24) is 14.9 Å². The molecule has 0 bridgehead atoms. The molecule has 110 valence electrons. The summed E-state index contributed by atoms with van der Waals surface area (Å²) in [5.74, 6) is 0.115. The predicted octanol–water partition coefficient (Wildman–Crippen LogP) is -0.314. The van der Waals surface area contributed by atoms with Gasteiger partial charge in [-0.3, -0.25) is 4.90 Å². The second-order valence-electron chi connectivity index (χ2n) is 4.74. The van der Waals surface area contributed by atoms with Gasteiger partial charge >= 0.3 is 5.97 Å². The van der Waals surface area contributed by atoms with Gasteiger partial charge in [0.15, 0.2) is 5.69 Å². The minimum atomic E-state index is -0.448. The number of esters is 1. The van der Waals surface area contributed by atoms with Gasteiger partial charge in [-0.2, -0.15) is 0 Å². The predicted molar refractivity (Wildman–Crippen MR) is 73.8 cm³/mol. The average molecular weight is 280 g/mol. The molecule has 1 aromatic rings. The van der Waals surface area contributed by atoms with Crippen molar-refractivity contribution in [3.05, 3.63) is 17.5 Å². The zero-order chi connectivity index (χ0) is 14.5. The summed E-state index contributed by atoms with van der Waals surface area (Å²) >= 11 is 0. The largest absolute Gasteiger partial charge is 0.464 e. The van der Waals surface area contributed by atoms with Gasteiger partial charge in [0.05, 0.1) is 13.7 Å². The molecule has 1 aliphatic heterocycles. The summed E-state index contributed by atoms with van der Waals surface area (Å²) in [6.07, 6.45) is 0. The molecule has 0 saturated carbocycles. The maximum absolute atomic E-state index is 11.6. The van der Waals surface area contributed by atoms with Crippen molar-refractivity contribution in [2.45, 2.75) is 6.92 Å². The van der Waals surface area contributed by atoms with Crippen molar-refractivity contribution in [3.8, 4) is 0 Å². The fraction of sp³-hybridized carbons (Fsp3) is 0.615. The van der Waals surface area contributed by atoms with E-state index in [1.807, 2.05) is 11.8 Å². The van der Waals surface area contributed by atoms with Crippen LogP contribution < -0.4 is 4.90 Å². The summed E-state index contributed by atoms with van der Waals surface area (Å²) < 4.78 is 4.70. The lowest BCUT2D eigenvalue weighted by molar-refractivity contribution is 0.0593. The van der Waals surface area contributed by atoms with Gasteiger partial charge in [-0.05, 0) is 13.0 Å². The van der Waals surface area contributed by atoms with E-state index in [0.29, 0.717) is 12.5 Å². The number of β-amino-alcohol motifs (C(OH)–C–C–N with tert-alkyl or cyclic N) is 1. The van der Waals surface area contributed by atoms with Gasteiger partial charge in [0.25, 0.3) is 0 Å². The smallest absolute Gasteiger partial charge is 0.356 e. The quantitative estimate of drug-likeness (QED) is 0.758. The number of aryl methyl sites for hydroxylation is 1. The lowest BCUT2D eigenvalue weighted by atomic mass is 10.3. The molecular weight excluding hydrogens is 260 g/mol. The number of aliphatic hydroxyl groups excluding tert-OH is 1. The van der Waals surface area contributed by atoms with E-state index in [4.69, 9.17) is 9.84 Å². The molecule has 1 aliphatic rings. The molecule has 2 rings (SSSR count). The number of methoxy groups -OCH3 is 1. The van der Waals surface area contributed by atoms with Gasteiger partial charge in [0.1, 0.15) is 0 Å². The Bertz CT molecular complexity index is 473. The summed E-state index contributed by atoms with van der Waals surface area (Å²) in [6.45, 7) is 5.97. The van der Waals surface area contributed by atoms with Gasteiger partial charge in [-0.25, -0.2) is 14.8 Å². The van der Waals surface area contributed by atoms with Crippen LogP contribution in [0, 0.1) is 6.92 Å². The van der Waals surface area contributed by atoms with Crippen LogP contribution in [-0.4, -0.2) is 72.4 Å². The highest BCUT2D eigenvalue weighted by Crippen LogP contribution is 2.13. The first-order valence-corrected chi connectivity index (χ1v) is 6.66. The van der Waals surface area contributed by atoms with Crippen LogP contribution in [0.2, 0.25) is 0 Å². The monoisotopic (exact) mass is 280 g/mol. The minimum Gasteiger partial charge on any atom is -0.464 e. The van der Waals surface area contributed by atoms with E-state index >= 15 is 0 Å². The molecule has 1 aromatic heterocycles. The number of nitrogens with zero attached hydrogens (tertiary/aromatic N) is 4. The molecule has 1 saturated heterocycles. The molecular formula is C13H20N4O3. The molecule has 2 heterocycles. The number of hydrogen-bond donors (Lipinski definition) is 1. The molecule has 1 N–H and O–H groups in total. The lowest BCUT2D eigenvalue weighted by Crippen LogP contribution is -2.47. The van der Waals surface area contributed by atoms with E-state index < -0.39 is 5.97 Å². The lowest BCUT2D eigenvalue weighted by Gasteiger charge is -2.34. The first kappa shape index (κ1) is 14.7. The summed E-state index contributed by atoms with van der Waals surface area (Å²) in [5.41, 5.74) is 1.03. The van der Waals surface area contributed by atoms with Crippen LogP contribution in [-0.2, 0) is 4.74 Å². The summed E-state index contributed by atoms with van der Waals surface area (Å²) in [7, 11) is 1.34. The number of carbonyl (C=O) groups is 1. The average Bonchev–Trinajstić information content (AvgIpc) is 2.47. The highest BCUT2D eigenvalue weighted by molar-refractivity contribution is 5.87. The fourth-order valence-electron chi connectivity index (χ4n) is 2.22. The van der Waals surface area contributed by atoms with Crippen LogP contribution in [0.4, 0.5) is 5.95 Å². The van der Waals surface area contributed by atoms with E-state index in [-0.39, 0.29) is 12.3 Å². The Morgan fingerprint density at radius 3 is 2.65 bits per heavy atom. The summed E-state index contributed by atoms with van der Waals surface area (Å²) in [5, 5.41) is 8.93. The third-order valence-electron chi connectivity index (χ3n) is 3.31. The van der Waals surface area contributed by atoms with Crippen LogP contribution in [0.15, 0.2) is 6.07 Å². The zero-order valence-corrected chi connectivity index (χ0v) is 11.9. The molecule has 7 nitrogen and oxygen atoms in total. The standard InChI is InChI=1S/C13H20N4O3/c1-10-9-11(12(19)20-2)15-13(14-10)17-5-3-16(4-6-17)7-8-18/h9,18H,3-8H2,1-2H3. The Morgan fingerprint density at radius 1 is 1.35 bits per heavy atom. The molecule has 0 unspecified atom stereocenters. The van der Waals surface area contributed by atoms with Gasteiger partial charge in [-0.1, -0.05) is 0 Å². The van der Waals surface area contributed by atoms with Crippen molar-refractivity contribution < 1.29 is 14.6 Å². The maximum atomic E-state index is 11.6. The molecule has 0 aliphatic carbocycles. The van der Waals surface area contributed by atoms with Crippen molar-refractivity contribution in [2.24, 2.45) is 0 Å². The van der Waals surface area contributed by atoms with E-state index in [1.54, 1.807) is 6.07 Å². The van der Waals surface area contributed by atoms with Crippen LogP contribution >= 0.6 is 0 Å². The molecule has 0 aromatic carbocycles. The first-order chi connectivity index (χ1) is 9.63. The van der Waals surface area contributed by atoms with Crippen molar-refractivity contribution >= 4 is 11.9 Å². The van der Waals surface area contributed by atoms with Gasteiger partial charge < -0.3 is 14.7 Å². The number of piperazine rings is 1. The molecule has 0 spiro atoms. The number of carbonyl (C=O) groups excluding carboxylic acids is 1. The fourth-order valence-corrected chi connectivity index (χ4v) is 2.22. The van der Waals surface area contributed by atoms with Gasteiger partial charge in [-0.15, -0.1) is 0 Å². The highest BCUT2D eigenvalue weighted by Gasteiger charge is 2.20. The van der Waals surface area contributed by atoms with E-state index in [0.717, 1.165) is 31.9 Å². The Hall–Kier alpha value is -1.73. The molecule has 7 heteroatoms. The van der Waals surface area contributed by atoms with E-state index in [2.05, 4.69) is 14.9 Å². The molecule has 20 heavy (non-hydrogen) atoms. The first-order valence-electron chi connectivity index (χ1n) is 6.66. The van der Waals surface area contributed by atoms with Crippen molar-refractivity contribution in [2.75, 3.05) is 51.3 Å². The van der Waals surface area contributed by atoms with Crippen LogP contribution in [0.5, 0.6) is 0 Å². The third kappa shape index (κ3) is 3.43. The summed E-state index contributed by atoms with van der Waals surface area (Å²) in [4.78, 5) is 24.5. The summed E-state index contributed by atoms with van der Waals surface area (Å²) in [6, 6.07) is 1.62. The molecule has 1 fully saturated rings. The number of hydrogen-bond acceptors (Lipinski definition) is 7. The Kier molecular flexibility index (Phi) is 4.86. The van der Waals surface area contributed by atoms with Crippen molar-refractivity contribution in [3.63, 3.8) is 0 Å². The molecule has 0 amide bonds. The highest BCUT2D eigenvalue weighted by atomic mass is 16.5. The van der Waals surface area contributed by atoms with Crippen LogP contribution in [0.3, 0.4) is 0 Å². The normalized spacial score (nSPS) is 16.2. The molecule has 0 atom stereocenters. The topological polar surface area (TPSA) is 78.8 Å². The Morgan fingerprint density at radius 2 is 2.05 bits per heavy atom. The number of aromatic nitrogens is 2. The second-order valence-corrected chi connectivity index (χ2v) is 4.74. The van der Waals surface area contributed by atoms with Gasteiger partial charge in [0.2, 0.25) is 5.95 Å². The van der Waals surface area contributed by atoms with Crippen LogP contribution in [0.25, 0.3) is 0 Å². The SMILES string of the molecule is COC(=O)c1cc(C)nc(N2CCN(CCO)CC2)n1. The molecule has 0 radical (unpaired) electrons. The van der Waals surface area contributed by atoms with Gasteiger partial charge in [0, 0.05) is 38.4 Å². The Labute approximate surface area is 118 Å². The number of rotatable bonds is 4. The Balaban J connectivity index is 2.09. The third-order valence-corrected chi connectivity index (χ3v) is 3.31. The second kappa shape index (κ2) is 6.62. The number of ether oxygens (including phenoxy) is 1. The van der Waals surface area contributed by atoms with Crippen molar-refractivity contribution in [1.29, 1.82) is 0 Å². The van der Waals surface area contributed by atoms with E-state index in [1.165, 1.54) is 7.11 Å². The zero-order valence-electron chi connectivity index (χ0n) is 11.9. The number of anilines is 1. The maximum Gasteiger partial charge on any atom is 0.356 e. The number of aliphatic hydroxyl groups is 1.